The molecule has 0 fully saturated rings. The minimum atomic E-state index is -0.402. The van der Waals surface area contributed by atoms with Crippen LogP contribution in [0.4, 0.5) is 0 Å². The van der Waals surface area contributed by atoms with Gasteiger partial charge in [0.25, 0.3) is 0 Å². The van der Waals surface area contributed by atoms with Crippen LogP contribution in [-0.2, 0) is 4.74 Å². The van der Waals surface area contributed by atoms with Crippen molar-refractivity contribution >= 4 is 34.3 Å². The summed E-state index contributed by atoms with van der Waals surface area (Å²) in [4.78, 5) is 19.8. The standard InChI is InChI=1S/C12H8ClN3O2/c1-18-12(17)7-2-3-9-8(6-7)15-10(13)11-14-4-5-16(9)11/h2-6H,1H3. The Morgan fingerprint density at radius 1 is 1.44 bits per heavy atom. The molecular weight excluding hydrogens is 254 g/mol. The number of aromatic nitrogens is 3. The van der Waals surface area contributed by atoms with E-state index in [-0.39, 0.29) is 0 Å². The van der Waals surface area contributed by atoms with E-state index in [1.807, 2.05) is 4.40 Å². The molecule has 0 radical (unpaired) electrons. The fourth-order valence-electron chi connectivity index (χ4n) is 1.87. The van der Waals surface area contributed by atoms with Crippen LogP contribution in [-0.4, -0.2) is 27.4 Å². The van der Waals surface area contributed by atoms with E-state index in [2.05, 4.69) is 14.7 Å². The van der Waals surface area contributed by atoms with E-state index in [4.69, 9.17) is 11.6 Å². The Labute approximate surface area is 107 Å². The Bertz CT molecular complexity index is 766. The number of carbonyl (C=O) groups is 1. The van der Waals surface area contributed by atoms with Gasteiger partial charge in [-0.25, -0.2) is 14.8 Å². The molecule has 90 valence electrons. The lowest BCUT2D eigenvalue weighted by Crippen LogP contribution is -2.02. The number of carbonyl (C=O) groups excluding carboxylic acids is 1. The summed E-state index contributed by atoms with van der Waals surface area (Å²) < 4.78 is 6.49. The van der Waals surface area contributed by atoms with Crippen molar-refractivity contribution in [1.29, 1.82) is 0 Å². The largest absolute Gasteiger partial charge is 0.465 e. The first-order chi connectivity index (χ1) is 8.70. The summed E-state index contributed by atoms with van der Waals surface area (Å²) in [5.41, 5.74) is 2.48. The molecule has 0 atom stereocenters. The summed E-state index contributed by atoms with van der Waals surface area (Å²) in [6.45, 7) is 0. The molecule has 0 aliphatic carbocycles. The highest BCUT2D eigenvalue weighted by Gasteiger charge is 2.11. The topological polar surface area (TPSA) is 56.5 Å². The van der Waals surface area contributed by atoms with E-state index in [0.717, 1.165) is 5.52 Å². The molecule has 0 aliphatic heterocycles. The second-order valence-electron chi connectivity index (χ2n) is 3.72. The van der Waals surface area contributed by atoms with Crippen molar-refractivity contribution in [2.75, 3.05) is 7.11 Å². The Balaban J connectivity index is 2.35. The summed E-state index contributed by atoms with van der Waals surface area (Å²) in [5.74, 6) is -0.402. The lowest BCUT2D eigenvalue weighted by Gasteiger charge is -2.05. The van der Waals surface area contributed by atoms with Crippen LogP contribution in [0.1, 0.15) is 10.4 Å². The predicted octanol–water partition coefficient (Wildman–Crippen LogP) is 2.32. The van der Waals surface area contributed by atoms with Crippen LogP contribution in [0.25, 0.3) is 16.7 Å². The van der Waals surface area contributed by atoms with Crippen molar-refractivity contribution in [2.24, 2.45) is 0 Å². The van der Waals surface area contributed by atoms with Crippen LogP contribution in [0, 0.1) is 0 Å². The van der Waals surface area contributed by atoms with Gasteiger partial charge in [-0.15, -0.1) is 0 Å². The molecule has 2 heterocycles. The highest BCUT2D eigenvalue weighted by molar-refractivity contribution is 6.32. The summed E-state index contributed by atoms with van der Waals surface area (Å²) in [6.07, 6.45) is 3.44. The van der Waals surface area contributed by atoms with Gasteiger partial charge < -0.3 is 4.74 Å². The van der Waals surface area contributed by atoms with Crippen molar-refractivity contribution in [1.82, 2.24) is 14.4 Å². The Morgan fingerprint density at radius 2 is 2.28 bits per heavy atom. The molecule has 18 heavy (non-hydrogen) atoms. The van der Waals surface area contributed by atoms with Crippen LogP contribution in [0.15, 0.2) is 30.6 Å². The van der Waals surface area contributed by atoms with E-state index in [9.17, 15) is 4.79 Å². The zero-order chi connectivity index (χ0) is 12.7. The quantitative estimate of drug-likeness (QED) is 0.631. The number of esters is 1. The number of imidazole rings is 1. The SMILES string of the molecule is COC(=O)c1ccc2c(c1)nc(Cl)c1nccn12. The number of hydrogen-bond donors (Lipinski definition) is 0. The maximum absolute atomic E-state index is 11.5. The molecule has 2 aromatic heterocycles. The molecule has 3 aromatic rings. The van der Waals surface area contributed by atoms with Gasteiger partial charge >= 0.3 is 5.97 Å². The van der Waals surface area contributed by atoms with E-state index in [0.29, 0.717) is 21.9 Å². The second kappa shape index (κ2) is 3.96. The first-order valence-corrected chi connectivity index (χ1v) is 5.59. The number of halogens is 1. The third kappa shape index (κ3) is 1.52. The lowest BCUT2D eigenvalue weighted by molar-refractivity contribution is 0.0601. The molecule has 0 spiro atoms. The molecular formula is C12H8ClN3O2. The maximum Gasteiger partial charge on any atom is 0.337 e. The van der Waals surface area contributed by atoms with Crippen LogP contribution < -0.4 is 0 Å². The molecule has 0 saturated carbocycles. The molecule has 1 aromatic carbocycles. The normalized spacial score (nSPS) is 11.0. The Kier molecular flexibility index (Phi) is 2.41. The van der Waals surface area contributed by atoms with E-state index < -0.39 is 5.97 Å². The molecule has 6 heteroatoms. The van der Waals surface area contributed by atoms with Gasteiger partial charge in [0, 0.05) is 12.4 Å². The van der Waals surface area contributed by atoms with Gasteiger partial charge in [0.1, 0.15) is 0 Å². The number of hydrogen-bond acceptors (Lipinski definition) is 4. The zero-order valence-electron chi connectivity index (χ0n) is 9.42. The summed E-state index contributed by atoms with van der Waals surface area (Å²) in [7, 11) is 1.34. The van der Waals surface area contributed by atoms with Gasteiger partial charge in [-0.2, -0.15) is 0 Å². The maximum atomic E-state index is 11.5. The monoisotopic (exact) mass is 261 g/mol. The third-order valence-electron chi connectivity index (χ3n) is 2.70. The predicted molar refractivity (Wildman–Crippen MR) is 66.8 cm³/mol. The van der Waals surface area contributed by atoms with E-state index in [1.54, 1.807) is 30.6 Å². The van der Waals surface area contributed by atoms with Gasteiger partial charge in [0.05, 0.1) is 23.7 Å². The molecule has 3 rings (SSSR count). The number of benzene rings is 1. The Morgan fingerprint density at radius 3 is 3.06 bits per heavy atom. The van der Waals surface area contributed by atoms with Crippen LogP contribution in [0.2, 0.25) is 5.15 Å². The second-order valence-corrected chi connectivity index (χ2v) is 4.08. The summed E-state index contributed by atoms with van der Waals surface area (Å²) >= 11 is 6.03. The van der Waals surface area contributed by atoms with Crippen LogP contribution in [0.5, 0.6) is 0 Å². The average Bonchev–Trinajstić information content (AvgIpc) is 2.87. The van der Waals surface area contributed by atoms with Gasteiger partial charge in [0.15, 0.2) is 10.8 Å². The number of nitrogens with zero attached hydrogens (tertiary/aromatic N) is 3. The smallest absolute Gasteiger partial charge is 0.337 e. The molecule has 0 amide bonds. The lowest BCUT2D eigenvalue weighted by atomic mass is 10.2. The van der Waals surface area contributed by atoms with Crippen molar-refractivity contribution < 1.29 is 9.53 Å². The minimum absolute atomic E-state index is 0.300. The number of methoxy groups -OCH3 is 1. The van der Waals surface area contributed by atoms with Crippen molar-refractivity contribution in [2.45, 2.75) is 0 Å². The van der Waals surface area contributed by atoms with Gasteiger partial charge in [-0.3, -0.25) is 4.40 Å². The van der Waals surface area contributed by atoms with E-state index >= 15 is 0 Å². The van der Waals surface area contributed by atoms with Crippen molar-refractivity contribution in [3.8, 4) is 0 Å². The van der Waals surface area contributed by atoms with Gasteiger partial charge in [-0.05, 0) is 18.2 Å². The molecule has 5 nitrogen and oxygen atoms in total. The van der Waals surface area contributed by atoms with Crippen molar-refractivity contribution in [3.63, 3.8) is 0 Å². The molecule has 0 aliphatic rings. The van der Waals surface area contributed by atoms with Gasteiger partial charge in [0.2, 0.25) is 0 Å². The summed E-state index contributed by atoms with van der Waals surface area (Å²) in [6, 6.07) is 5.12. The van der Waals surface area contributed by atoms with Crippen LogP contribution >= 0.6 is 11.6 Å². The zero-order valence-corrected chi connectivity index (χ0v) is 10.2. The fourth-order valence-corrected chi connectivity index (χ4v) is 2.10. The molecule has 0 unspecified atom stereocenters. The fraction of sp³-hybridized carbons (Fsp3) is 0.0833. The number of rotatable bonds is 1. The van der Waals surface area contributed by atoms with Crippen LogP contribution in [0.3, 0.4) is 0 Å². The highest BCUT2D eigenvalue weighted by atomic mass is 35.5. The van der Waals surface area contributed by atoms with Gasteiger partial charge in [-0.1, -0.05) is 11.6 Å². The molecule has 0 saturated heterocycles. The van der Waals surface area contributed by atoms with Crippen molar-refractivity contribution in [3.05, 3.63) is 41.3 Å². The molecule has 0 N–H and O–H groups in total. The summed E-state index contributed by atoms with van der Waals surface area (Å²) in [5, 5.41) is 0.300. The van der Waals surface area contributed by atoms with E-state index in [1.165, 1.54) is 7.11 Å². The minimum Gasteiger partial charge on any atom is -0.465 e. The third-order valence-corrected chi connectivity index (χ3v) is 2.95. The first-order valence-electron chi connectivity index (χ1n) is 5.21. The molecule has 0 bridgehead atoms. The number of ether oxygens (including phenoxy) is 1. The average molecular weight is 262 g/mol. The number of fused-ring (bicyclic) bond motifs is 3. The Hall–Kier alpha value is -2.14. The highest BCUT2D eigenvalue weighted by Crippen LogP contribution is 2.21. The first kappa shape index (κ1) is 11.0.